The van der Waals surface area contributed by atoms with Crippen molar-refractivity contribution >= 4 is 18.0 Å². The lowest BCUT2D eigenvalue weighted by atomic mass is 10.1. The standard InChI is InChI=1S/C16H18N2O3/c1-12(3-2-4-16(20)21)18-15(19)10-9-13-5-7-14(11-17)8-6-13/h5-10,12H,2-4H2,1H3,(H,18,19)(H,20,21)/b10-9+. The number of carboxylic acid groups (broad SMARTS) is 1. The van der Waals surface area contributed by atoms with Crippen molar-refractivity contribution in [3.63, 3.8) is 0 Å². The van der Waals surface area contributed by atoms with Crippen LogP contribution in [-0.4, -0.2) is 23.0 Å². The van der Waals surface area contributed by atoms with Gasteiger partial charge in [0.1, 0.15) is 0 Å². The van der Waals surface area contributed by atoms with Gasteiger partial charge in [0.15, 0.2) is 0 Å². The van der Waals surface area contributed by atoms with Crippen molar-refractivity contribution in [2.45, 2.75) is 32.2 Å². The Morgan fingerprint density at radius 2 is 2.05 bits per heavy atom. The number of benzene rings is 1. The summed E-state index contributed by atoms with van der Waals surface area (Å²) in [5.74, 6) is -1.04. The van der Waals surface area contributed by atoms with E-state index in [1.165, 1.54) is 6.08 Å². The molecule has 1 amide bonds. The van der Waals surface area contributed by atoms with Crippen LogP contribution in [0.5, 0.6) is 0 Å². The van der Waals surface area contributed by atoms with Crippen molar-refractivity contribution in [3.8, 4) is 6.07 Å². The number of carbonyl (C=O) groups is 2. The molecule has 0 aromatic heterocycles. The highest BCUT2D eigenvalue weighted by Crippen LogP contribution is 2.05. The molecule has 0 aliphatic heterocycles. The SMILES string of the molecule is CC(CCCC(=O)O)NC(=O)/C=C/c1ccc(C#N)cc1. The number of nitrogens with one attached hydrogen (secondary N) is 1. The van der Waals surface area contributed by atoms with Crippen LogP contribution in [0.25, 0.3) is 6.08 Å². The van der Waals surface area contributed by atoms with Crippen molar-refractivity contribution in [2.24, 2.45) is 0 Å². The summed E-state index contributed by atoms with van der Waals surface area (Å²) < 4.78 is 0. The summed E-state index contributed by atoms with van der Waals surface area (Å²) in [5, 5.41) is 20.0. The van der Waals surface area contributed by atoms with Crippen LogP contribution in [0.3, 0.4) is 0 Å². The maximum atomic E-state index is 11.7. The monoisotopic (exact) mass is 286 g/mol. The molecule has 0 bridgehead atoms. The van der Waals surface area contributed by atoms with Gasteiger partial charge in [-0.15, -0.1) is 0 Å². The fourth-order valence-electron chi connectivity index (χ4n) is 1.76. The Balaban J connectivity index is 2.39. The lowest BCUT2D eigenvalue weighted by Gasteiger charge is -2.11. The summed E-state index contributed by atoms with van der Waals surface area (Å²) in [6, 6.07) is 8.86. The molecule has 0 radical (unpaired) electrons. The van der Waals surface area contributed by atoms with Gasteiger partial charge in [-0.25, -0.2) is 0 Å². The van der Waals surface area contributed by atoms with Gasteiger partial charge in [0.2, 0.25) is 5.91 Å². The van der Waals surface area contributed by atoms with E-state index >= 15 is 0 Å². The van der Waals surface area contributed by atoms with E-state index < -0.39 is 5.97 Å². The molecule has 0 saturated carbocycles. The van der Waals surface area contributed by atoms with Crippen LogP contribution < -0.4 is 5.32 Å². The molecule has 1 aromatic carbocycles. The Morgan fingerprint density at radius 3 is 2.62 bits per heavy atom. The number of nitrogens with zero attached hydrogens (tertiary/aromatic N) is 1. The molecule has 5 heteroatoms. The number of nitriles is 1. The molecular formula is C16H18N2O3. The Morgan fingerprint density at radius 1 is 1.38 bits per heavy atom. The summed E-state index contributed by atoms with van der Waals surface area (Å²) >= 11 is 0. The zero-order valence-electron chi connectivity index (χ0n) is 11.9. The highest BCUT2D eigenvalue weighted by Gasteiger charge is 2.05. The van der Waals surface area contributed by atoms with E-state index in [1.54, 1.807) is 30.3 Å². The minimum atomic E-state index is -0.825. The van der Waals surface area contributed by atoms with E-state index in [4.69, 9.17) is 10.4 Å². The van der Waals surface area contributed by atoms with Gasteiger partial charge in [-0.1, -0.05) is 12.1 Å². The molecule has 0 aliphatic rings. The molecular weight excluding hydrogens is 268 g/mol. The Labute approximate surface area is 123 Å². The number of aliphatic carboxylic acids is 1. The average molecular weight is 286 g/mol. The van der Waals surface area contributed by atoms with Crippen LogP contribution in [0.1, 0.15) is 37.3 Å². The van der Waals surface area contributed by atoms with Crippen LogP contribution in [0.15, 0.2) is 30.3 Å². The summed E-state index contributed by atoms with van der Waals surface area (Å²) in [6.07, 6.45) is 4.37. The normalized spacial score (nSPS) is 11.8. The molecule has 5 nitrogen and oxygen atoms in total. The fourth-order valence-corrected chi connectivity index (χ4v) is 1.76. The number of carbonyl (C=O) groups excluding carboxylic acids is 1. The quantitative estimate of drug-likeness (QED) is 0.753. The molecule has 0 heterocycles. The van der Waals surface area contributed by atoms with E-state index in [-0.39, 0.29) is 18.4 Å². The molecule has 1 aromatic rings. The third-order valence-corrected chi connectivity index (χ3v) is 2.88. The first kappa shape index (κ1) is 16.4. The summed E-state index contributed by atoms with van der Waals surface area (Å²) in [4.78, 5) is 22.1. The Bertz CT molecular complexity index is 556. The van der Waals surface area contributed by atoms with E-state index in [1.807, 2.05) is 13.0 Å². The first-order valence-electron chi connectivity index (χ1n) is 6.72. The number of amides is 1. The molecule has 110 valence electrons. The van der Waals surface area contributed by atoms with Gasteiger partial charge < -0.3 is 10.4 Å². The van der Waals surface area contributed by atoms with Crippen LogP contribution in [0.2, 0.25) is 0 Å². The van der Waals surface area contributed by atoms with Crippen molar-refractivity contribution < 1.29 is 14.7 Å². The van der Waals surface area contributed by atoms with Crippen LogP contribution in [0, 0.1) is 11.3 Å². The molecule has 0 spiro atoms. The summed E-state index contributed by atoms with van der Waals surface area (Å²) in [5.41, 5.74) is 1.41. The first-order valence-corrected chi connectivity index (χ1v) is 6.72. The molecule has 1 rings (SSSR count). The number of rotatable bonds is 7. The highest BCUT2D eigenvalue weighted by atomic mass is 16.4. The second-order valence-electron chi connectivity index (χ2n) is 4.76. The number of hydrogen-bond acceptors (Lipinski definition) is 3. The number of hydrogen-bond donors (Lipinski definition) is 2. The Hall–Kier alpha value is -2.61. The molecule has 21 heavy (non-hydrogen) atoms. The largest absolute Gasteiger partial charge is 0.481 e. The van der Waals surface area contributed by atoms with E-state index in [9.17, 15) is 9.59 Å². The van der Waals surface area contributed by atoms with Gasteiger partial charge in [0.05, 0.1) is 11.6 Å². The summed E-state index contributed by atoms with van der Waals surface area (Å²) in [7, 11) is 0. The molecule has 2 N–H and O–H groups in total. The van der Waals surface area contributed by atoms with Gasteiger partial charge >= 0.3 is 5.97 Å². The van der Waals surface area contributed by atoms with Crippen molar-refractivity contribution in [1.29, 1.82) is 5.26 Å². The molecule has 0 aliphatic carbocycles. The highest BCUT2D eigenvalue weighted by molar-refractivity contribution is 5.91. The minimum absolute atomic E-state index is 0.0672. The number of carboxylic acids is 1. The van der Waals surface area contributed by atoms with Crippen molar-refractivity contribution in [2.75, 3.05) is 0 Å². The molecule has 0 saturated heterocycles. The van der Waals surface area contributed by atoms with Crippen molar-refractivity contribution in [1.82, 2.24) is 5.32 Å². The third kappa shape index (κ3) is 6.92. The van der Waals surface area contributed by atoms with Gasteiger partial charge in [0, 0.05) is 18.5 Å². The maximum absolute atomic E-state index is 11.7. The van der Waals surface area contributed by atoms with Crippen molar-refractivity contribution in [3.05, 3.63) is 41.5 Å². The van der Waals surface area contributed by atoms with Gasteiger partial charge in [-0.3, -0.25) is 9.59 Å². The predicted molar refractivity (Wildman–Crippen MR) is 79.3 cm³/mol. The second-order valence-corrected chi connectivity index (χ2v) is 4.76. The second kappa shape index (κ2) is 8.54. The van der Waals surface area contributed by atoms with Crippen LogP contribution in [0.4, 0.5) is 0 Å². The molecule has 1 unspecified atom stereocenters. The molecule has 0 fully saturated rings. The maximum Gasteiger partial charge on any atom is 0.303 e. The van der Waals surface area contributed by atoms with Gasteiger partial charge in [-0.2, -0.15) is 5.26 Å². The minimum Gasteiger partial charge on any atom is -0.481 e. The van der Waals surface area contributed by atoms with Crippen LogP contribution in [-0.2, 0) is 9.59 Å². The lowest BCUT2D eigenvalue weighted by Crippen LogP contribution is -2.31. The van der Waals surface area contributed by atoms with E-state index in [2.05, 4.69) is 5.32 Å². The summed E-state index contributed by atoms with van der Waals surface area (Å²) in [6.45, 7) is 1.84. The Kier molecular flexibility index (Phi) is 6.69. The third-order valence-electron chi connectivity index (χ3n) is 2.88. The average Bonchev–Trinajstić information content (AvgIpc) is 2.45. The fraction of sp³-hybridized carbons (Fsp3) is 0.312. The van der Waals surface area contributed by atoms with Gasteiger partial charge in [-0.05, 0) is 43.5 Å². The smallest absolute Gasteiger partial charge is 0.303 e. The molecule has 1 atom stereocenters. The van der Waals surface area contributed by atoms with E-state index in [0.717, 1.165) is 5.56 Å². The van der Waals surface area contributed by atoms with E-state index in [0.29, 0.717) is 18.4 Å². The van der Waals surface area contributed by atoms with Crippen LogP contribution >= 0.6 is 0 Å². The lowest BCUT2D eigenvalue weighted by molar-refractivity contribution is -0.137. The van der Waals surface area contributed by atoms with Gasteiger partial charge in [0.25, 0.3) is 0 Å². The first-order chi connectivity index (χ1) is 10.0. The predicted octanol–water partition coefficient (Wildman–Crippen LogP) is 2.33. The topological polar surface area (TPSA) is 90.2 Å². The zero-order chi connectivity index (χ0) is 15.7. The zero-order valence-corrected chi connectivity index (χ0v) is 11.9.